The van der Waals surface area contributed by atoms with Crippen molar-refractivity contribution >= 4 is 6.29 Å². The van der Waals surface area contributed by atoms with Crippen LogP contribution < -0.4 is 4.74 Å². The Kier molecular flexibility index (Phi) is 3.69. The molecule has 3 heteroatoms. The van der Waals surface area contributed by atoms with Crippen LogP contribution in [-0.4, -0.2) is 12.9 Å². The minimum Gasteiger partial charge on any atom is -0.493 e. The third-order valence-electron chi connectivity index (χ3n) is 1.81. The minimum atomic E-state index is 0.360. The SMILES string of the molecule is Cc1ccc(C#N)cc1OCCC=O. The Hall–Kier alpha value is -1.82. The van der Waals surface area contributed by atoms with Gasteiger partial charge in [0.1, 0.15) is 12.0 Å². The molecule has 0 saturated heterocycles. The molecular formula is C11H11NO2. The van der Waals surface area contributed by atoms with E-state index in [2.05, 4.69) is 0 Å². The Morgan fingerprint density at radius 2 is 2.36 bits per heavy atom. The van der Waals surface area contributed by atoms with Gasteiger partial charge in [-0.1, -0.05) is 6.07 Å². The molecule has 1 rings (SSSR count). The molecular weight excluding hydrogens is 178 g/mol. The second-order valence-corrected chi connectivity index (χ2v) is 2.90. The predicted octanol–water partition coefficient (Wildman–Crippen LogP) is 1.83. The van der Waals surface area contributed by atoms with Crippen molar-refractivity contribution in [1.82, 2.24) is 0 Å². The number of aldehydes is 1. The van der Waals surface area contributed by atoms with Crippen LogP contribution in [0.5, 0.6) is 5.75 Å². The second-order valence-electron chi connectivity index (χ2n) is 2.90. The summed E-state index contributed by atoms with van der Waals surface area (Å²) in [4.78, 5) is 10.1. The zero-order valence-corrected chi connectivity index (χ0v) is 7.99. The van der Waals surface area contributed by atoms with Crippen LogP contribution >= 0.6 is 0 Å². The fraction of sp³-hybridized carbons (Fsp3) is 0.273. The lowest BCUT2D eigenvalue weighted by Crippen LogP contribution is -1.99. The maximum Gasteiger partial charge on any atom is 0.123 e. The third-order valence-corrected chi connectivity index (χ3v) is 1.81. The standard InChI is InChI=1S/C11H11NO2/c1-9-3-4-10(8-12)7-11(9)14-6-2-5-13/h3-5,7H,2,6H2,1H3. The molecule has 72 valence electrons. The smallest absolute Gasteiger partial charge is 0.123 e. The summed E-state index contributed by atoms with van der Waals surface area (Å²) < 4.78 is 5.34. The van der Waals surface area contributed by atoms with Crippen LogP contribution in [0.2, 0.25) is 0 Å². The molecule has 0 amide bonds. The van der Waals surface area contributed by atoms with Gasteiger partial charge in [-0.3, -0.25) is 0 Å². The first-order valence-corrected chi connectivity index (χ1v) is 4.35. The van der Waals surface area contributed by atoms with Crippen LogP contribution in [0.3, 0.4) is 0 Å². The Labute approximate surface area is 82.9 Å². The average molecular weight is 189 g/mol. The summed E-state index contributed by atoms with van der Waals surface area (Å²) in [6.45, 7) is 2.26. The number of hydrogen-bond acceptors (Lipinski definition) is 3. The number of carbonyl (C=O) groups excluding carboxylic acids is 1. The van der Waals surface area contributed by atoms with Gasteiger partial charge in [-0.25, -0.2) is 0 Å². The first kappa shape index (κ1) is 10.3. The van der Waals surface area contributed by atoms with Gasteiger partial charge >= 0.3 is 0 Å². The van der Waals surface area contributed by atoms with E-state index in [-0.39, 0.29) is 0 Å². The molecule has 0 aromatic heterocycles. The zero-order chi connectivity index (χ0) is 10.4. The van der Waals surface area contributed by atoms with Gasteiger partial charge in [0.2, 0.25) is 0 Å². The molecule has 0 bridgehead atoms. The lowest BCUT2D eigenvalue weighted by Gasteiger charge is -2.07. The number of nitrogens with zero attached hydrogens (tertiary/aromatic N) is 1. The van der Waals surface area contributed by atoms with Crippen LogP contribution in [0.15, 0.2) is 18.2 Å². The Bertz CT molecular complexity index is 366. The summed E-state index contributed by atoms with van der Waals surface area (Å²) in [5, 5.41) is 8.66. The summed E-state index contributed by atoms with van der Waals surface area (Å²) in [6.07, 6.45) is 1.18. The van der Waals surface area contributed by atoms with Gasteiger partial charge in [-0.05, 0) is 24.6 Å². The Morgan fingerprint density at radius 3 is 3.00 bits per heavy atom. The third kappa shape index (κ3) is 2.60. The minimum absolute atomic E-state index is 0.360. The van der Waals surface area contributed by atoms with Crippen LogP contribution in [0, 0.1) is 18.3 Å². The van der Waals surface area contributed by atoms with Gasteiger partial charge in [-0.15, -0.1) is 0 Å². The van der Waals surface area contributed by atoms with Crippen molar-refractivity contribution in [1.29, 1.82) is 5.26 Å². The van der Waals surface area contributed by atoms with Gasteiger partial charge in [0.05, 0.1) is 18.2 Å². The van der Waals surface area contributed by atoms with E-state index < -0.39 is 0 Å². The van der Waals surface area contributed by atoms with Crippen molar-refractivity contribution in [3.05, 3.63) is 29.3 Å². The Balaban J connectivity index is 2.74. The molecule has 0 fully saturated rings. The summed E-state index contributed by atoms with van der Waals surface area (Å²) >= 11 is 0. The molecule has 0 unspecified atom stereocenters. The van der Waals surface area contributed by atoms with Gasteiger partial charge < -0.3 is 9.53 Å². The fourth-order valence-corrected chi connectivity index (χ4v) is 1.04. The quantitative estimate of drug-likeness (QED) is 0.536. The topological polar surface area (TPSA) is 50.1 Å². The number of aryl methyl sites for hydroxylation is 1. The van der Waals surface area contributed by atoms with E-state index in [4.69, 9.17) is 10.00 Å². The first-order chi connectivity index (χ1) is 6.77. The van der Waals surface area contributed by atoms with E-state index in [0.29, 0.717) is 24.3 Å². The van der Waals surface area contributed by atoms with Gasteiger partial charge in [0.25, 0.3) is 0 Å². The second kappa shape index (κ2) is 5.03. The van der Waals surface area contributed by atoms with Crippen molar-refractivity contribution in [2.24, 2.45) is 0 Å². The molecule has 1 aromatic carbocycles. The highest BCUT2D eigenvalue weighted by Gasteiger charge is 2.00. The summed E-state index contributed by atoms with van der Waals surface area (Å²) in [7, 11) is 0. The van der Waals surface area contributed by atoms with Crippen molar-refractivity contribution in [3.63, 3.8) is 0 Å². The van der Waals surface area contributed by atoms with Crippen molar-refractivity contribution in [2.45, 2.75) is 13.3 Å². The predicted molar refractivity (Wildman–Crippen MR) is 52.1 cm³/mol. The maximum atomic E-state index is 10.1. The van der Waals surface area contributed by atoms with E-state index in [0.717, 1.165) is 11.8 Å². The van der Waals surface area contributed by atoms with Crippen molar-refractivity contribution in [3.8, 4) is 11.8 Å². The van der Waals surface area contributed by atoms with Gasteiger partial charge in [-0.2, -0.15) is 5.26 Å². The number of carbonyl (C=O) groups is 1. The monoisotopic (exact) mass is 189 g/mol. The summed E-state index contributed by atoms with van der Waals surface area (Å²) in [6, 6.07) is 7.28. The van der Waals surface area contributed by atoms with Crippen LogP contribution in [0.1, 0.15) is 17.5 Å². The van der Waals surface area contributed by atoms with E-state index in [1.807, 2.05) is 19.1 Å². The summed E-state index contributed by atoms with van der Waals surface area (Å²) in [5.74, 6) is 0.672. The molecule has 3 nitrogen and oxygen atoms in total. The van der Waals surface area contributed by atoms with E-state index in [1.165, 1.54) is 0 Å². The number of ether oxygens (including phenoxy) is 1. The largest absolute Gasteiger partial charge is 0.493 e. The zero-order valence-electron chi connectivity index (χ0n) is 7.99. The van der Waals surface area contributed by atoms with E-state index in [1.54, 1.807) is 12.1 Å². The number of rotatable bonds is 4. The highest BCUT2D eigenvalue weighted by Crippen LogP contribution is 2.19. The highest BCUT2D eigenvalue weighted by atomic mass is 16.5. The van der Waals surface area contributed by atoms with Gasteiger partial charge in [0.15, 0.2) is 0 Å². The molecule has 0 atom stereocenters. The number of nitriles is 1. The molecule has 0 aliphatic heterocycles. The van der Waals surface area contributed by atoms with Crippen LogP contribution in [0.4, 0.5) is 0 Å². The van der Waals surface area contributed by atoms with Gasteiger partial charge in [0, 0.05) is 6.42 Å². The summed E-state index contributed by atoms with van der Waals surface area (Å²) in [5.41, 5.74) is 1.53. The highest BCUT2D eigenvalue weighted by molar-refractivity contribution is 5.49. The molecule has 0 saturated carbocycles. The van der Waals surface area contributed by atoms with Crippen molar-refractivity contribution in [2.75, 3.05) is 6.61 Å². The molecule has 0 N–H and O–H groups in total. The van der Waals surface area contributed by atoms with Crippen LogP contribution in [-0.2, 0) is 4.79 Å². The molecule has 0 aliphatic rings. The normalized spacial score (nSPS) is 9.14. The van der Waals surface area contributed by atoms with Crippen LogP contribution in [0.25, 0.3) is 0 Å². The molecule has 1 aromatic rings. The lowest BCUT2D eigenvalue weighted by atomic mass is 10.1. The molecule has 0 radical (unpaired) electrons. The molecule has 14 heavy (non-hydrogen) atoms. The maximum absolute atomic E-state index is 10.1. The van der Waals surface area contributed by atoms with Crippen molar-refractivity contribution < 1.29 is 9.53 Å². The van der Waals surface area contributed by atoms with E-state index in [9.17, 15) is 4.79 Å². The van der Waals surface area contributed by atoms with E-state index >= 15 is 0 Å². The molecule has 0 spiro atoms. The molecule has 0 heterocycles. The molecule has 0 aliphatic carbocycles. The number of benzene rings is 1. The fourth-order valence-electron chi connectivity index (χ4n) is 1.04. The first-order valence-electron chi connectivity index (χ1n) is 4.35. The average Bonchev–Trinajstić information content (AvgIpc) is 2.21. The lowest BCUT2D eigenvalue weighted by molar-refractivity contribution is -0.108. The Morgan fingerprint density at radius 1 is 1.57 bits per heavy atom. The number of hydrogen-bond donors (Lipinski definition) is 0.